The van der Waals surface area contributed by atoms with Crippen LogP contribution in [0.4, 0.5) is 4.39 Å². The Labute approximate surface area is 263 Å². The van der Waals surface area contributed by atoms with Gasteiger partial charge in [0.1, 0.15) is 11.5 Å². The van der Waals surface area contributed by atoms with Gasteiger partial charge in [-0.1, -0.05) is 29.3 Å². The second kappa shape index (κ2) is 13.3. The minimum Gasteiger partial charge on any atom is -0.353 e. The fourth-order valence-corrected chi connectivity index (χ4v) is 8.31. The third-order valence-electron chi connectivity index (χ3n) is 9.15. The van der Waals surface area contributed by atoms with Crippen molar-refractivity contribution >= 4 is 51.9 Å². The minimum atomic E-state index is -0.592. The molecule has 6 rings (SSSR count). The van der Waals surface area contributed by atoms with E-state index < -0.39 is 11.4 Å². The molecule has 1 aromatic carbocycles. The van der Waals surface area contributed by atoms with Crippen molar-refractivity contribution in [2.45, 2.75) is 76.0 Å². The van der Waals surface area contributed by atoms with Crippen molar-refractivity contribution in [2.75, 3.05) is 24.6 Å². The van der Waals surface area contributed by atoms with Gasteiger partial charge in [-0.05, 0) is 93.2 Å². The number of benzene rings is 1. The van der Waals surface area contributed by atoms with E-state index in [0.29, 0.717) is 48.8 Å². The Morgan fingerprint density at radius 3 is 2.47 bits per heavy atom. The Balaban J connectivity index is 1.12. The number of pyridine rings is 1. The standard InChI is InChI=1S/C31H36Cl2FN5O3S/c32-26-8-3-19(14-27(26)33)17-37-11-1-2-20(18-37)29(40)36-22-4-6-23(7-5-22)39-30(41)25-15-21(34)16-35-28(25)38(31(39)42)24-9-12-43-13-10-24/h3,8,14-16,20,22-24H,1-2,4-7,9-13,17-18H2,(H,36,40)/t20-,22?,23?/m1/s1. The summed E-state index contributed by atoms with van der Waals surface area (Å²) in [5.74, 6) is 1.23. The number of fused-ring (bicyclic) bond motifs is 1. The number of likely N-dealkylation sites (tertiary alicyclic amines) is 1. The molecular formula is C31H36Cl2FN5O3S. The maximum Gasteiger partial charge on any atom is 0.333 e. The molecule has 1 N–H and O–H groups in total. The number of hydrogen-bond donors (Lipinski definition) is 1. The number of aromatic nitrogens is 3. The molecule has 1 saturated carbocycles. The largest absolute Gasteiger partial charge is 0.353 e. The molecule has 2 saturated heterocycles. The number of rotatable bonds is 6. The fourth-order valence-electron chi connectivity index (χ4n) is 6.91. The van der Waals surface area contributed by atoms with Gasteiger partial charge in [0.25, 0.3) is 5.56 Å². The Bertz CT molecular complexity index is 1620. The van der Waals surface area contributed by atoms with Crippen LogP contribution < -0.4 is 16.6 Å². The fraction of sp³-hybridized carbons (Fsp3) is 0.548. The van der Waals surface area contributed by atoms with E-state index in [1.165, 1.54) is 10.6 Å². The molecule has 12 heteroatoms. The quantitative estimate of drug-likeness (QED) is 0.376. The van der Waals surface area contributed by atoms with Crippen LogP contribution in [-0.4, -0.2) is 55.6 Å². The highest BCUT2D eigenvalue weighted by Gasteiger charge is 2.32. The summed E-state index contributed by atoms with van der Waals surface area (Å²) < 4.78 is 17.2. The van der Waals surface area contributed by atoms with Gasteiger partial charge in [-0.15, -0.1) is 0 Å². The number of carbonyl (C=O) groups is 1. The number of nitrogens with zero attached hydrogens (tertiary/aromatic N) is 4. The van der Waals surface area contributed by atoms with Crippen LogP contribution >= 0.6 is 35.0 Å². The molecule has 43 heavy (non-hydrogen) atoms. The molecule has 4 heterocycles. The molecule has 3 aromatic rings. The molecule has 2 aromatic heterocycles. The molecule has 0 radical (unpaired) electrons. The van der Waals surface area contributed by atoms with Crippen molar-refractivity contribution in [1.29, 1.82) is 0 Å². The van der Waals surface area contributed by atoms with Crippen molar-refractivity contribution in [2.24, 2.45) is 5.92 Å². The zero-order chi connectivity index (χ0) is 30.1. The first kappa shape index (κ1) is 30.6. The Kier molecular flexibility index (Phi) is 9.47. The topological polar surface area (TPSA) is 89.2 Å². The lowest BCUT2D eigenvalue weighted by atomic mass is 9.89. The summed E-state index contributed by atoms with van der Waals surface area (Å²) in [7, 11) is 0. The smallest absolute Gasteiger partial charge is 0.333 e. The molecule has 0 unspecified atom stereocenters. The summed E-state index contributed by atoms with van der Waals surface area (Å²) in [4.78, 5) is 47.2. The number of piperidine rings is 1. The summed E-state index contributed by atoms with van der Waals surface area (Å²) in [6, 6.07) is 6.47. The van der Waals surface area contributed by atoms with E-state index in [4.69, 9.17) is 23.2 Å². The number of nitrogens with one attached hydrogen (secondary N) is 1. The van der Waals surface area contributed by atoms with Crippen molar-refractivity contribution in [3.63, 3.8) is 0 Å². The number of halogens is 3. The van der Waals surface area contributed by atoms with E-state index in [9.17, 15) is 18.8 Å². The van der Waals surface area contributed by atoms with Crippen LogP contribution in [0.15, 0.2) is 40.1 Å². The zero-order valence-electron chi connectivity index (χ0n) is 23.9. The second-order valence-corrected chi connectivity index (χ2v) is 14.1. The molecule has 230 valence electrons. The Morgan fingerprint density at radius 2 is 1.72 bits per heavy atom. The molecular weight excluding hydrogens is 612 g/mol. The predicted octanol–water partition coefficient (Wildman–Crippen LogP) is 5.58. The van der Waals surface area contributed by atoms with E-state index in [2.05, 4.69) is 15.2 Å². The summed E-state index contributed by atoms with van der Waals surface area (Å²) in [6.07, 6.45) is 6.98. The molecule has 1 atom stereocenters. The van der Waals surface area contributed by atoms with Gasteiger partial charge in [-0.2, -0.15) is 11.8 Å². The van der Waals surface area contributed by atoms with Crippen LogP contribution in [-0.2, 0) is 11.3 Å². The lowest BCUT2D eigenvalue weighted by Gasteiger charge is -2.35. The van der Waals surface area contributed by atoms with Crippen LogP contribution in [0.3, 0.4) is 0 Å². The van der Waals surface area contributed by atoms with Gasteiger partial charge in [0, 0.05) is 31.2 Å². The van der Waals surface area contributed by atoms with Gasteiger partial charge < -0.3 is 5.32 Å². The molecule has 3 aliphatic rings. The van der Waals surface area contributed by atoms with E-state index in [0.717, 1.165) is 55.5 Å². The third kappa shape index (κ3) is 6.67. The van der Waals surface area contributed by atoms with E-state index in [1.54, 1.807) is 10.6 Å². The first-order valence-corrected chi connectivity index (χ1v) is 17.1. The molecule has 0 bridgehead atoms. The van der Waals surface area contributed by atoms with Crippen molar-refractivity contribution < 1.29 is 9.18 Å². The highest BCUT2D eigenvalue weighted by molar-refractivity contribution is 7.99. The average molecular weight is 649 g/mol. The van der Waals surface area contributed by atoms with Gasteiger partial charge in [-0.25, -0.2) is 14.2 Å². The lowest BCUT2D eigenvalue weighted by molar-refractivity contribution is -0.127. The van der Waals surface area contributed by atoms with Crippen molar-refractivity contribution in [1.82, 2.24) is 24.3 Å². The maximum absolute atomic E-state index is 14.2. The Morgan fingerprint density at radius 1 is 0.977 bits per heavy atom. The predicted molar refractivity (Wildman–Crippen MR) is 170 cm³/mol. The monoisotopic (exact) mass is 647 g/mol. The molecule has 1 aliphatic carbocycles. The van der Waals surface area contributed by atoms with Gasteiger partial charge >= 0.3 is 5.69 Å². The van der Waals surface area contributed by atoms with E-state index >= 15 is 0 Å². The first-order valence-electron chi connectivity index (χ1n) is 15.1. The van der Waals surface area contributed by atoms with Crippen LogP contribution in [0.5, 0.6) is 0 Å². The summed E-state index contributed by atoms with van der Waals surface area (Å²) >= 11 is 14.1. The van der Waals surface area contributed by atoms with Crippen molar-refractivity contribution in [3.8, 4) is 0 Å². The summed E-state index contributed by atoms with van der Waals surface area (Å²) in [6.45, 7) is 2.31. The number of amides is 1. The highest BCUT2D eigenvalue weighted by Crippen LogP contribution is 2.31. The minimum absolute atomic E-state index is 0.0120. The van der Waals surface area contributed by atoms with Gasteiger partial charge in [0.15, 0.2) is 0 Å². The molecule has 8 nitrogen and oxygen atoms in total. The third-order valence-corrected chi connectivity index (χ3v) is 10.9. The van der Waals surface area contributed by atoms with E-state index in [1.807, 2.05) is 23.9 Å². The lowest BCUT2D eigenvalue weighted by Crippen LogP contribution is -2.48. The molecule has 1 amide bonds. The van der Waals surface area contributed by atoms with Gasteiger partial charge in [0.2, 0.25) is 5.91 Å². The van der Waals surface area contributed by atoms with E-state index in [-0.39, 0.29) is 46.7 Å². The normalized spacial score (nSPS) is 23.8. The SMILES string of the molecule is O=C(NC1CCC(n2c(=O)c3cc(F)cnc3n(C3CCSCC3)c2=O)CC1)[C@@H]1CCCN(Cc2ccc(Cl)c(Cl)c2)C1. The van der Waals surface area contributed by atoms with Crippen LogP contribution in [0.1, 0.15) is 69.0 Å². The van der Waals surface area contributed by atoms with Crippen molar-refractivity contribution in [3.05, 3.63) is 72.7 Å². The summed E-state index contributed by atoms with van der Waals surface area (Å²) in [5, 5.41) is 4.46. The van der Waals surface area contributed by atoms with Crippen LogP contribution in [0, 0.1) is 11.7 Å². The van der Waals surface area contributed by atoms with Crippen LogP contribution in [0.2, 0.25) is 10.0 Å². The highest BCUT2D eigenvalue weighted by atomic mass is 35.5. The summed E-state index contributed by atoms with van der Waals surface area (Å²) in [5.41, 5.74) is 0.499. The molecule has 0 spiro atoms. The number of thioether (sulfide) groups is 1. The molecule has 3 fully saturated rings. The number of carbonyl (C=O) groups excluding carboxylic acids is 1. The van der Waals surface area contributed by atoms with Gasteiger partial charge in [0.05, 0.1) is 27.5 Å². The zero-order valence-corrected chi connectivity index (χ0v) is 26.3. The Hall–Kier alpha value is -2.40. The number of hydrogen-bond acceptors (Lipinski definition) is 6. The first-order chi connectivity index (χ1) is 20.8. The second-order valence-electron chi connectivity index (χ2n) is 12.0. The average Bonchev–Trinajstić information content (AvgIpc) is 3.01. The molecule has 2 aliphatic heterocycles. The maximum atomic E-state index is 14.2. The van der Waals surface area contributed by atoms with Gasteiger partial charge in [-0.3, -0.25) is 23.6 Å². The van der Waals surface area contributed by atoms with Crippen LogP contribution in [0.25, 0.3) is 11.0 Å².